The lowest BCUT2D eigenvalue weighted by molar-refractivity contribution is 0.0779. The van der Waals surface area contributed by atoms with Crippen LogP contribution in [0.25, 0.3) is 16.9 Å². The lowest BCUT2D eigenvalue weighted by atomic mass is 10.0. The largest absolute Gasteiger partial charge is 0.507 e. The Kier molecular flexibility index (Phi) is 6.68. The van der Waals surface area contributed by atoms with Crippen molar-refractivity contribution in [3.05, 3.63) is 93.6 Å². The fraction of sp³-hybridized carbons (Fsp3) is 0.0800. The molecular weight excluding hydrogens is 491 g/mol. The van der Waals surface area contributed by atoms with Gasteiger partial charge >= 0.3 is 0 Å². The first kappa shape index (κ1) is 24.1. The molecule has 4 aromatic rings. The van der Waals surface area contributed by atoms with E-state index in [4.69, 9.17) is 28.9 Å². The Morgan fingerprint density at radius 1 is 1.00 bits per heavy atom. The first-order valence-electron chi connectivity index (χ1n) is 10.4. The van der Waals surface area contributed by atoms with Crippen molar-refractivity contribution in [2.24, 2.45) is 5.73 Å². The van der Waals surface area contributed by atoms with E-state index in [1.54, 1.807) is 36.4 Å². The van der Waals surface area contributed by atoms with Crippen LogP contribution in [-0.4, -0.2) is 43.8 Å². The van der Waals surface area contributed by atoms with Gasteiger partial charge in [0.25, 0.3) is 5.91 Å². The summed E-state index contributed by atoms with van der Waals surface area (Å²) in [6.07, 6.45) is 1.53. The molecule has 0 unspecified atom stereocenters. The molecular formula is C25H20Cl2N4O4. The number of halogens is 2. The molecule has 0 aliphatic rings. The molecule has 0 bridgehead atoms. The number of phenols is 2. The van der Waals surface area contributed by atoms with Crippen LogP contribution in [0.4, 0.5) is 0 Å². The van der Waals surface area contributed by atoms with Crippen molar-refractivity contribution in [3.63, 3.8) is 0 Å². The second-order valence-corrected chi connectivity index (χ2v) is 8.64. The van der Waals surface area contributed by atoms with Gasteiger partial charge in [-0.05, 0) is 48.0 Å². The van der Waals surface area contributed by atoms with Gasteiger partial charge in [-0.2, -0.15) is 5.10 Å². The summed E-state index contributed by atoms with van der Waals surface area (Å²) < 4.78 is 1.53. The van der Waals surface area contributed by atoms with Crippen molar-refractivity contribution in [3.8, 4) is 28.4 Å². The molecule has 0 saturated carbocycles. The number of aromatic hydroxyl groups is 2. The molecule has 8 nitrogen and oxygen atoms in total. The summed E-state index contributed by atoms with van der Waals surface area (Å²) in [5.74, 6) is -1.86. The number of rotatable bonds is 6. The maximum Gasteiger partial charge on any atom is 0.257 e. The van der Waals surface area contributed by atoms with Crippen LogP contribution in [0, 0.1) is 0 Å². The van der Waals surface area contributed by atoms with Crippen LogP contribution in [0.5, 0.6) is 11.5 Å². The highest BCUT2D eigenvalue weighted by molar-refractivity contribution is 6.32. The Morgan fingerprint density at radius 3 is 2.46 bits per heavy atom. The molecule has 0 aliphatic carbocycles. The van der Waals surface area contributed by atoms with E-state index in [9.17, 15) is 19.8 Å². The standard InChI is InChI=1S/C25H20Cl2N4O4/c1-30(13-14-10-15(26)6-7-16(14)24(28)34)25(35)18-11-17(22(32)12-23(18)33)20-8-9-29-31(20)21-5-3-2-4-19(21)27/h2-12,32-33H,13H2,1H3,(H2,28,34). The molecule has 4 N–H and O–H groups in total. The summed E-state index contributed by atoms with van der Waals surface area (Å²) in [5, 5.41) is 26.2. The molecule has 4 rings (SSSR count). The van der Waals surface area contributed by atoms with Crippen molar-refractivity contribution in [1.29, 1.82) is 0 Å². The lowest BCUT2D eigenvalue weighted by Gasteiger charge is -2.20. The first-order valence-corrected chi connectivity index (χ1v) is 11.1. The van der Waals surface area contributed by atoms with Gasteiger partial charge in [0, 0.05) is 35.8 Å². The predicted molar refractivity (Wildman–Crippen MR) is 133 cm³/mol. The molecule has 2 amide bonds. The van der Waals surface area contributed by atoms with Crippen LogP contribution in [0.2, 0.25) is 10.0 Å². The lowest BCUT2D eigenvalue weighted by Crippen LogP contribution is -2.28. The number of hydrogen-bond acceptors (Lipinski definition) is 5. The highest BCUT2D eigenvalue weighted by Crippen LogP contribution is 2.37. The van der Waals surface area contributed by atoms with E-state index in [-0.39, 0.29) is 29.0 Å². The van der Waals surface area contributed by atoms with Crippen LogP contribution < -0.4 is 5.73 Å². The zero-order valence-corrected chi connectivity index (χ0v) is 20.0. The summed E-state index contributed by atoms with van der Waals surface area (Å²) in [6, 6.07) is 15.7. The number of carbonyl (C=O) groups is 2. The molecule has 0 spiro atoms. The highest BCUT2D eigenvalue weighted by atomic mass is 35.5. The quantitative estimate of drug-likeness (QED) is 0.349. The van der Waals surface area contributed by atoms with Gasteiger partial charge in [-0.25, -0.2) is 4.68 Å². The van der Waals surface area contributed by atoms with Crippen LogP contribution in [0.3, 0.4) is 0 Å². The van der Waals surface area contributed by atoms with Gasteiger partial charge in [-0.1, -0.05) is 35.3 Å². The van der Waals surface area contributed by atoms with Crippen molar-refractivity contribution in [2.45, 2.75) is 6.54 Å². The minimum atomic E-state index is -0.653. The summed E-state index contributed by atoms with van der Waals surface area (Å²) >= 11 is 12.4. The molecule has 178 valence electrons. The monoisotopic (exact) mass is 510 g/mol. The molecule has 1 aromatic heterocycles. The van der Waals surface area contributed by atoms with Crippen molar-refractivity contribution in [2.75, 3.05) is 7.05 Å². The van der Waals surface area contributed by atoms with E-state index in [1.807, 2.05) is 0 Å². The molecule has 10 heteroatoms. The summed E-state index contributed by atoms with van der Waals surface area (Å²) in [6.45, 7) is 0.00483. The number of phenolic OH excluding ortho intramolecular Hbond substituents is 2. The summed E-state index contributed by atoms with van der Waals surface area (Å²) in [4.78, 5) is 26.4. The number of amides is 2. The fourth-order valence-corrected chi connectivity index (χ4v) is 4.15. The topological polar surface area (TPSA) is 122 Å². The number of benzene rings is 3. The Labute approximate surface area is 210 Å². The highest BCUT2D eigenvalue weighted by Gasteiger charge is 2.23. The van der Waals surface area contributed by atoms with E-state index in [0.717, 1.165) is 6.07 Å². The van der Waals surface area contributed by atoms with Crippen molar-refractivity contribution >= 4 is 35.0 Å². The zero-order valence-electron chi connectivity index (χ0n) is 18.4. The number of carbonyl (C=O) groups excluding carboxylic acids is 2. The minimum absolute atomic E-state index is 0.00483. The molecule has 0 saturated heterocycles. The number of aromatic nitrogens is 2. The molecule has 0 atom stereocenters. The minimum Gasteiger partial charge on any atom is -0.507 e. The third kappa shape index (κ3) is 4.80. The second kappa shape index (κ2) is 9.69. The molecule has 0 aliphatic heterocycles. The van der Waals surface area contributed by atoms with Crippen LogP contribution >= 0.6 is 23.2 Å². The number of para-hydroxylation sites is 1. The third-order valence-electron chi connectivity index (χ3n) is 5.43. The van der Waals surface area contributed by atoms with E-state index in [1.165, 1.54) is 41.0 Å². The number of nitrogens with zero attached hydrogens (tertiary/aromatic N) is 3. The smallest absolute Gasteiger partial charge is 0.257 e. The Bertz CT molecular complexity index is 1450. The maximum absolute atomic E-state index is 13.3. The third-order valence-corrected chi connectivity index (χ3v) is 5.99. The Morgan fingerprint density at radius 2 is 1.74 bits per heavy atom. The first-order chi connectivity index (χ1) is 16.7. The van der Waals surface area contributed by atoms with Gasteiger partial charge in [0.05, 0.1) is 28.2 Å². The Balaban J connectivity index is 1.72. The summed E-state index contributed by atoms with van der Waals surface area (Å²) in [7, 11) is 1.51. The van der Waals surface area contributed by atoms with E-state index < -0.39 is 17.6 Å². The van der Waals surface area contributed by atoms with Gasteiger partial charge in [0.15, 0.2) is 0 Å². The molecule has 1 heterocycles. The van der Waals surface area contributed by atoms with Gasteiger partial charge < -0.3 is 20.8 Å². The Hall–Kier alpha value is -4.01. The van der Waals surface area contributed by atoms with E-state index in [2.05, 4.69) is 5.10 Å². The summed E-state index contributed by atoms with van der Waals surface area (Å²) in [5.41, 5.74) is 7.36. The maximum atomic E-state index is 13.3. The van der Waals surface area contributed by atoms with Gasteiger partial charge in [0.2, 0.25) is 5.91 Å². The molecule has 0 radical (unpaired) electrons. The molecule has 35 heavy (non-hydrogen) atoms. The number of hydrogen-bond donors (Lipinski definition) is 3. The SMILES string of the molecule is CN(Cc1cc(Cl)ccc1C(N)=O)C(=O)c1cc(-c2ccnn2-c2ccccc2Cl)c(O)cc1O. The molecule has 0 fully saturated rings. The van der Waals surface area contributed by atoms with E-state index in [0.29, 0.717) is 27.0 Å². The van der Waals surface area contributed by atoms with Crippen LogP contribution in [-0.2, 0) is 6.54 Å². The normalized spacial score (nSPS) is 10.8. The van der Waals surface area contributed by atoms with Gasteiger partial charge in [-0.15, -0.1) is 0 Å². The molecule has 3 aromatic carbocycles. The van der Waals surface area contributed by atoms with Crippen molar-refractivity contribution < 1.29 is 19.8 Å². The van der Waals surface area contributed by atoms with Crippen LogP contribution in [0.15, 0.2) is 66.9 Å². The average molecular weight is 511 g/mol. The van der Waals surface area contributed by atoms with E-state index >= 15 is 0 Å². The number of primary amides is 1. The van der Waals surface area contributed by atoms with Gasteiger partial charge in [0.1, 0.15) is 11.5 Å². The van der Waals surface area contributed by atoms with Crippen molar-refractivity contribution in [1.82, 2.24) is 14.7 Å². The fourth-order valence-electron chi connectivity index (χ4n) is 3.74. The zero-order chi connectivity index (χ0) is 25.3. The average Bonchev–Trinajstić information content (AvgIpc) is 3.28. The number of nitrogens with two attached hydrogens (primary N) is 1. The van der Waals surface area contributed by atoms with Gasteiger partial charge in [-0.3, -0.25) is 9.59 Å². The second-order valence-electron chi connectivity index (χ2n) is 7.79. The van der Waals surface area contributed by atoms with Crippen LogP contribution in [0.1, 0.15) is 26.3 Å². The predicted octanol–water partition coefficient (Wildman–Crippen LogP) is 4.63.